The Bertz CT molecular complexity index is 498. The zero-order valence-corrected chi connectivity index (χ0v) is 13.6. The minimum absolute atomic E-state index is 0.0324. The molecule has 0 spiro atoms. The van der Waals surface area contributed by atoms with E-state index in [9.17, 15) is 14.4 Å². The maximum Gasteiger partial charge on any atom is 0.331 e. The third-order valence-corrected chi connectivity index (χ3v) is 5.15. The van der Waals surface area contributed by atoms with Crippen molar-refractivity contribution in [1.82, 2.24) is 15.5 Å². The molecule has 2 atom stereocenters. The van der Waals surface area contributed by atoms with Crippen LogP contribution in [0, 0.1) is 0 Å². The number of esters is 1. The van der Waals surface area contributed by atoms with Gasteiger partial charge in [-0.15, -0.1) is 0 Å². The fourth-order valence-electron chi connectivity index (χ4n) is 3.62. The first-order valence-corrected chi connectivity index (χ1v) is 8.49. The van der Waals surface area contributed by atoms with Gasteiger partial charge >= 0.3 is 5.97 Å². The van der Waals surface area contributed by atoms with Crippen LogP contribution in [0.5, 0.6) is 0 Å². The van der Waals surface area contributed by atoms with Gasteiger partial charge in [-0.2, -0.15) is 0 Å². The van der Waals surface area contributed by atoms with Crippen molar-refractivity contribution in [2.45, 2.75) is 62.6 Å². The molecule has 2 amide bonds. The molecule has 2 saturated heterocycles. The lowest BCUT2D eigenvalue weighted by molar-refractivity contribution is -0.147. The van der Waals surface area contributed by atoms with Gasteiger partial charge in [-0.25, -0.2) is 4.79 Å². The number of hydrogen-bond acceptors (Lipinski definition) is 5. The van der Waals surface area contributed by atoms with Gasteiger partial charge in [0.05, 0.1) is 7.11 Å². The van der Waals surface area contributed by atoms with Gasteiger partial charge in [-0.3, -0.25) is 9.59 Å². The monoisotopic (exact) mass is 323 g/mol. The summed E-state index contributed by atoms with van der Waals surface area (Å²) in [5.41, 5.74) is -0.851. The van der Waals surface area contributed by atoms with Gasteiger partial charge in [-0.1, -0.05) is 0 Å². The molecule has 0 aromatic rings. The summed E-state index contributed by atoms with van der Waals surface area (Å²) < 4.78 is 4.76. The number of carbonyl (C=O) groups excluding carboxylic acids is 3. The van der Waals surface area contributed by atoms with E-state index < -0.39 is 17.6 Å². The summed E-state index contributed by atoms with van der Waals surface area (Å²) >= 11 is 0. The largest absolute Gasteiger partial charge is 0.467 e. The standard InChI is InChI=1S/C16H25N3O4/c1-23-15(22)16(6-7-16)18-14(21)12-5-3-9-19(12)13(20)10-11-4-2-8-17-11/h11-12,17H,2-10H2,1H3,(H,18,21). The predicted octanol–water partition coefficient (Wildman–Crippen LogP) is -0.0587. The molecular weight excluding hydrogens is 298 g/mol. The van der Waals surface area contributed by atoms with Crippen LogP contribution < -0.4 is 10.6 Å². The van der Waals surface area contributed by atoms with Crippen LogP contribution in [0.3, 0.4) is 0 Å². The number of hydrogen-bond donors (Lipinski definition) is 2. The number of nitrogens with one attached hydrogen (secondary N) is 2. The quantitative estimate of drug-likeness (QED) is 0.692. The summed E-state index contributed by atoms with van der Waals surface area (Å²) in [6, 6.07) is -0.220. The van der Waals surface area contributed by atoms with Gasteiger partial charge in [0, 0.05) is 19.0 Å². The first kappa shape index (κ1) is 16.2. The second-order valence-corrected chi connectivity index (χ2v) is 6.81. The molecule has 3 aliphatic rings. The minimum atomic E-state index is -0.851. The van der Waals surface area contributed by atoms with E-state index in [4.69, 9.17) is 4.74 Å². The lowest BCUT2D eigenvalue weighted by Crippen LogP contribution is -2.52. The third kappa shape index (κ3) is 3.34. The van der Waals surface area contributed by atoms with Crippen molar-refractivity contribution >= 4 is 17.8 Å². The Labute approximate surface area is 136 Å². The van der Waals surface area contributed by atoms with Gasteiger partial charge < -0.3 is 20.3 Å². The van der Waals surface area contributed by atoms with Crippen molar-refractivity contribution in [3.8, 4) is 0 Å². The van der Waals surface area contributed by atoms with Gasteiger partial charge in [0.1, 0.15) is 11.6 Å². The van der Waals surface area contributed by atoms with E-state index in [0.717, 1.165) is 25.8 Å². The fourth-order valence-corrected chi connectivity index (χ4v) is 3.62. The Morgan fingerprint density at radius 1 is 1.26 bits per heavy atom. The Hall–Kier alpha value is -1.63. The molecule has 3 fully saturated rings. The molecule has 7 nitrogen and oxygen atoms in total. The predicted molar refractivity (Wildman–Crippen MR) is 82.5 cm³/mol. The topological polar surface area (TPSA) is 87.7 Å². The number of rotatable bonds is 5. The molecule has 1 saturated carbocycles. The van der Waals surface area contributed by atoms with Crippen LogP contribution in [0.2, 0.25) is 0 Å². The highest BCUT2D eigenvalue weighted by atomic mass is 16.5. The summed E-state index contributed by atoms with van der Waals surface area (Å²) in [4.78, 5) is 38.5. The molecule has 2 N–H and O–H groups in total. The van der Waals surface area contributed by atoms with E-state index >= 15 is 0 Å². The molecule has 1 aliphatic carbocycles. The molecule has 2 unspecified atom stereocenters. The maximum absolute atomic E-state index is 12.5. The molecule has 2 aliphatic heterocycles. The van der Waals surface area contributed by atoms with Crippen LogP contribution in [0.1, 0.15) is 44.9 Å². The zero-order chi connectivity index (χ0) is 16.4. The highest BCUT2D eigenvalue weighted by Gasteiger charge is 2.53. The van der Waals surface area contributed by atoms with E-state index in [1.165, 1.54) is 7.11 Å². The lowest BCUT2D eigenvalue weighted by Gasteiger charge is -2.27. The molecule has 0 radical (unpaired) electrons. The Kier molecular flexibility index (Phi) is 4.57. The van der Waals surface area contributed by atoms with Gasteiger partial charge in [0.25, 0.3) is 0 Å². The molecule has 23 heavy (non-hydrogen) atoms. The first-order valence-electron chi connectivity index (χ1n) is 8.49. The molecule has 2 heterocycles. The van der Waals surface area contributed by atoms with Crippen LogP contribution in [-0.4, -0.2) is 60.5 Å². The average Bonchev–Trinajstić information content (AvgIpc) is 2.96. The van der Waals surface area contributed by atoms with E-state index in [1.54, 1.807) is 4.90 Å². The van der Waals surface area contributed by atoms with Gasteiger partial charge in [-0.05, 0) is 45.1 Å². The van der Waals surface area contributed by atoms with Crippen molar-refractivity contribution in [3.63, 3.8) is 0 Å². The number of likely N-dealkylation sites (tertiary alicyclic amines) is 1. The summed E-state index contributed by atoms with van der Waals surface area (Å²) in [7, 11) is 1.33. The average molecular weight is 323 g/mol. The number of ether oxygens (including phenoxy) is 1. The molecule has 3 rings (SSSR count). The number of nitrogens with zero attached hydrogens (tertiary/aromatic N) is 1. The number of carbonyl (C=O) groups is 3. The Morgan fingerprint density at radius 3 is 2.65 bits per heavy atom. The van der Waals surface area contributed by atoms with Gasteiger partial charge in [0.15, 0.2) is 0 Å². The van der Waals surface area contributed by atoms with Crippen LogP contribution in [0.25, 0.3) is 0 Å². The molecular formula is C16H25N3O4. The van der Waals surface area contributed by atoms with E-state index in [0.29, 0.717) is 32.2 Å². The van der Waals surface area contributed by atoms with Crippen LogP contribution in [0.15, 0.2) is 0 Å². The molecule has 7 heteroatoms. The van der Waals surface area contributed by atoms with Crippen LogP contribution >= 0.6 is 0 Å². The second kappa shape index (κ2) is 6.47. The number of methoxy groups -OCH3 is 1. The fraction of sp³-hybridized carbons (Fsp3) is 0.812. The third-order valence-electron chi connectivity index (χ3n) is 5.15. The smallest absolute Gasteiger partial charge is 0.331 e. The lowest BCUT2D eigenvalue weighted by atomic mass is 10.1. The summed E-state index contributed by atoms with van der Waals surface area (Å²) in [6.07, 6.45) is 5.27. The van der Waals surface area contributed by atoms with Gasteiger partial charge in [0.2, 0.25) is 11.8 Å². The number of amides is 2. The Balaban J connectivity index is 1.58. The SMILES string of the molecule is COC(=O)C1(NC(=O)C2CCCN2C(=O)CC2CCCN2)CC1. The summed E-state index contributed by atoms with van der Waals surface area (Å²) in [5.74, 6) is -0.583. The molecule has 0 aromatic carbocycles. The molecule has 128 valence electrons. The highest BCUT2D eigenvalue weighted by Crippen LogP contribution is 2.37. The van der Waals surface area contributed by atoms with Crippen molar-refractivity contribution in [1.29, 1.82) is 0 Å². The van der Waals surface area contributed by atoms with E-state index in [-0.39, 0.29) is 17.9 Å². The normalized spacial score (nSPS) is 28.5. The van der Waals surface area contributed by atoms with E-state index in [2.05, 4.69) is 10.6 Å². The van der Waals surface area contributed by atoms with Crippen LogP contribution in [0.4, 0.5) is 0 Å². The Morgan fingerprint density at radius 2 is 2.04 bits per heavy atom. The minimum Gasteiger partial charge on any atom is -0.467 e. The van der Waals surface area contributed by atoms with Crippen molar-refractivity contribution in [2.24, 2.45) is 0 Å². The molecule has 0 aromatic heterocycles. The summed E-state index contributed by atoms with van der Waals surface area (Å²) in [6.45, 7) is 1.58. The van der Waals surface area contributed by atoms with E-state index in [1.807, 2.05) is 0 Å². The zero-order valence-electron chi connectivity index (χ0n) is 13.6. The van der Waals surface area contributed by atoms with Crippen LogP contribution in [-0.2, 0) is 19.1 Å². The first-order chi connectivity index (χ1) is 11.1. The molecule has 0 bridgehead atoms. The second-order valence-electron chi connectivity index (χ2n) is 6.81. The highest BCUT2D eigenvalue weighted by molar-refractivity contribution is 5.94. The maximum atomic E-state index is 12.5. The van der Waals surface area contributed by atoms with Crippen molar-refractivity contribution < 1.29 is 19.1 Å². The summed E-state index contributed by atoms with van der Waals surface area (Å²) in [5, 5.41) is 6.13. The van der Waals surface area contributed by atoms with Crippen molar-refractivity contribution in [3.05, 3.63) is 0 Å². The van der Waals surface area contributed by atoms with Crippen molar-refractivity contribution in [2.75, 3.05) is 20.2 Å².